The summed E-state index contributed by atoms with van der Waals surface area (Å²) < 4.78 is 11.2. The van der Waals surface area contributed by atoms with Gasteiger partial charge in [-0.05, 0) is 37.0 Å². The van der Waals surface area contributed by atoms with Crippen LogP contribution < -0.4 is 0 Å². The Kier molecular flexibility index (Phi) is 4.99. The molecule has 7 heteroatoms. The molecule has 0 aromatic heterocycles. The first-order chi connectivity index (χ1) is 14.3. The lowest BCUT2D eigenvalue weighted by Gasteiger charge is -2.66. The lowest BCUT2D eigenvalue weighted by Crippen LogP contribution is -2.68. The maximum absolute atomic E-state index is 13.6. The van der Waals surface area contributed by atoms with E-state index in [1.165, 1.54) is 13.8 Å². The second-order valence-corrected chi connectivity index (χ2v) is 11.0. The monoisotopic (exact) mass is 434 g/mol. The molecule has 4 aliphatic carbocycles. The number of ketones is 1. The molecule has 4 fully saturated rings. The first-order valence-corrected chi connectivity index (χ1v) is 11.3. The van der Waals surface area contributed by atoms with Crippen LogP contribution in [-0.4, -0.2) is 52.4 Å². The normalized spacial score (nSPS) is 48.6. The minimum Gasteiger partial charge on any atom is -0.465 e. The Morgan fingerprint density at radius 2 is 1.87 bits per heavy atom. The van der Waals surface area contributed by atoms with Crippen molar-refractivity contribution >= 4 is 17.7 Å². The predicted octanol–water partition coefficient (Wildman–Crippen LogP) is 2.32. The third-order valence-corrected chi connectivity index (χ3v) is 9.10. The fourth-order valence-corrected chi connectivity index (χ4v) is 8.02. The van der Waals surface area contributed by atoms with Crippen LogP contribution in [0, 0.1) is 28.1 Å². The first-order valence-electron chi connectivity index (χ1n) is 11.3. The minimum atomic E-state index is -1.46. The Morgan fingerprint density at radius 3 is 2.48 bits per heavy atom. The Morgan fingerprint density at radius 1 is 1.19 bits per heavy atom. The molecule has 4 saturated carbocycles. The van der Waals surface area contributed by atoms with E-state index in [-0.39, 0.29) is 48.1 Å². The Bertz CT molecular complexity index is 851. The van der Waals surface area contributed by atoms with Gasteiger partial charge in [-0.15, -0.1) is 0 Å². The highest BCUT2D eigenvalue weighted by molar-refractivity contribution is 6.05. The molecule has 0 radical (unpaired) electrons. The minimum absolute atomic E-state index is 0.0374. The van der Waals surface area contributed by atoms with Gasteiger partial charge in [-0.2, -0.15) is 0 Å². The molecular formula is C24H34O7. The van der Waals surface area contributed by atoms with Crippen LogP contribution in [0.4, 0.5) is 0 Å². The number of ether oxygens (including phenoxy) is 2. The molecule has 2 bridgehead atoms. The zero-order valence-electron chi connectivity index (χ0n) is 18.9. The van der Waals surface area contributed by atoms with E-state index in [2.05, 4.69) is 20.4 Å². The lowest BCUT2D eigenvalue weighted by atomic mass is 9.39. The average molecular weight is 435 g/mol. The van der Waals surface area contributed by atoms with E-state index in [0.29, 0.717) is 6.42 Å². The van der Waals surface area contributed by atoms with Crippen LogP contribution in [-0.2, 0) is 23.9 Å². The smallest absolute Gasteiger partial charge is 0.302 e. The quantitative estimate of drug-likeness (QED) is 0.518. The van der Waals surface area contributed by atoms with E-state index in [1.807, 2.05) is 0 Å². The number of carbonyl (C=O) groups excluding carboxylic acids is 3. The third kappa shape index (κ3) is 2.95. The van der Waals surface area contributed by atoms with Crippen molar-refractivity contribution in [3.05, 3.63) is 12.2 Å². The summed E-state index contributed by atoms with van der Waals surface area (Å²) in [6.07, 6.45) is 1.42. The Labute approximate surface area is 183 Å². The van der Waals surface area contributed by atoms with Crippen LogP contribution in [0.2, 0.25) is 0 Å². The number of fused-ring (bicyclic) bond motifs is 3. The number of hydrogen-bond acceptors (Lipinski definition) is 7. The van der Waals surface area contributed by atoms with Gasteiger partial charge in [0.25, 0.3) is 0 Å². The fraction of sp³-hybridized carbons (Fsp3) is 0.792. The second kappa shape index (κ2) is 6.88. The SMILES string of the molecule is C=C1C(=O)[C@]23C[C@@]1(O)CC(OC(C)=O)[C@@H]2[C@]1(C)CCC[C@@](C)(COC(C)=O)[C@@H]1CC3O. The lowest BCUT2D eigenvalue weighted by molar-refractivity contribution is -0.246. The summed E-state index contributed by atoms with van der Waals surface area (Å²) in [5, 5.41) is 22.7. The van der Waals surface area contributed by atoms with E-state index >= 15 is 0 Å². The molecule has 0 aromatic carbocycles. The molecule has 8 atom stereocenters. The van der Waals surface area contributed by atoms with Crippen molar-refractivity contribution in [3.8, 4) is 0 Å². The van der Waals surface area contributed by atoms with Crippen LogP contribution in [0.1, 0.15) is 66.2 Å². The Hall–Kier alpha value is -1.73. The highest BCUT2D eigenvalue weighted by Gasteiger charge is 2.76. The second-order valence-electron chi connectivity index (χ2n) is 11.0. The van der Waals surface area contributed by atoms with Gasteiger partial charge >= 0.3 is 11.9 Å². The van der Waals surface area contributed by atoms with Crippen molar-refractivity contribution in [3.63, 3.8) is 0 Å². The molecule has 0 heterocycles. The number of carbonyl (C=O) groups is 3. The van der Waals surface area contributed by atoms with Gasteiger partial charge in [0.15, 0.2) is 5.78 Å². The predicted molar refractivity (Wildman–Crippen MR) is 111 cm³/mol. The Balaban J connectivity index is 1.84. The van der Waals surface area contributed by atoms with Crippen molar-refractivity contribution in [2.24, 2.45) is 28.1 Å². The molecule has 172 valence electrons. The maximum atomic E-state index is 13.6. The maximum Gasteiger partial charge on any atom is 0.302 e. The van der Waals surface area contributed by atoms with Gasteiger partial charge < -0.3 is 19.7 Å². The van der Waals surface area contributed by atoms with Crippen molar-refractivity contribution < 1.29 is 34.1 Å². The van der Waals surface area contributed by atoms with Crippen LogP contribution in [0.25, 0.3) is 0 Å². The molecule has 0 aromatic rings. The van der Waals surface area contributed by atoms with Gasteiger partial charge in [0.1, 0.15) is 6.10 Å². The van der Waals surface area contributed by atoms with E-state index in [1.54, 1.807) is 0 Å². The van der Waals surface area contributed by atoms with Crippen molar-refractivity contribution in [2.45, 2.75) is 84.0 Å². The van der Waals surface area contributed by atoms with Crippen molar-refractivity contribution in [1.29, 1.82) is 0 Å². The van der Waals surface area contributed by atoms with Gasteiger partial charge in [-0.1, -0.05) is 26.8 Å². The molecule has 4 rings (SSSR count). The standard InChI is InChI=1S/C24H34O7/c1-13-20(28)24-11-23(13,29)10-16(31-15(3)26)19(24)22(5)8-6-7-21(4,12-30-14(2)25)17(22)9-18(24)27/h16-19,27,29H,1,6-12H2,2-5H3/t16?,17-,18?,19+,21-,22+,23-,24-/m0/s1. The molecule has 4 aliphatic rings. The number of aliphatic hydroxyl groups excluding tert-OH is 1. The molecular weight excluding hydrogens is 400 g/mol. The van der Waals surface area contributed by atoms with E-state index in [9.17, 15) is 24.6 Å². The summed E-state index contributed by atoms with van der Waals surface area (Å²) in [5.41, 5.74) is -3.36. The van der Waals surface area contributed by atoms with E-state index < -0.39 is 40.5 Å². The number of aliphatic hydroxyl groups is 2. The van der Waals surface area contributed by atoms with Crippen molar-refractivity contribution in [1.82, 2.24) is 0 Å². The third-order valence-electron chi connectivity index (χ3n) is 9.10. The molecule has 2 N–H and O–H groups in total. The van der Waals surface area contributed by atoms with Crippen LogP contribution in [0.15, 0.2) is 12.2 Å². The highest BCUT2D eigenvalue weighted by atomic mass is 16.5. The number of esters is 2. The number of rotatable bonds is 3. The largest absolute Gasteiger partial charge is 0.465 e. The zero-order chi connectivity index (χ0) is 23.0. The average Bonchev–Trinajstić information content (AvgIpc) is 2.80. The van der Waals surface area contributed by atoms with Crippen LogP contribution >= 0.6 is 0 Å². The van der Waals surface area contributed by atoms with Gasteiger partial charge in [0.2, 0.25) is 0 Å². The van der Waals surface area contributed by atoms with E-state index in [4.69, 9.17) is 9.47 Å². The summed E-state index contributed by atoms with van der Waals surface area (Å²) in [4.78, 5) is 37.1. The summed E-state index contributed by atoms with van der Waals surface area (Å²) in [6, 6.07) is 0. The summed E-state index contributed by atoms with van der Waals surface area (Å²) in [5.74, 6) is -1.59. The zero-order valence-corrected chi connectivity index (χ0v) is 18.9. The first kappa shape index (κ1) is 22.5. The number of hydrogen-bond donors (Lipinski definition) is 2. The molecule has 0 saturated heterocycles. The van der Waals surface area contributed by atoms with Gasteiger partial charge in [-0.3, -0.25) is 14.4 Å². The summed E-state index contributed by atoms with van der Waals surface area (Å²) in [7, 11) is 0. The molecule has 31 heavy (non-hydrogen) atoms. The van der Waals surface area contributed by atoms with Crippen LogP contribution in [0.5, 0.6) is 0 Å². The van der Waals surface area contributed by atoms with E-state index in [0.717, 1.165) is 19.3 Å². The molecule has 2 unspecified atom stereocenters. The molecule has 0 aliphatic heterocycles. The van der Waals surface area contributed by atoms with Gasteiger partial charge in [0, 0.05) is 37.2 Å². The van der Waals surface area contributed by atoms with Crippen LogP contribution in [0.3, 0.4) is 0 Å². The summed E-state index contributed by atoms with van der Waals surface area (Å²) >= 11 is 0. The van der Waals surface area contributed by atoms with Gasteiger partial charge in [0.05, 0.1) is 23.7 Å². The van der Waals surface area contributed by atoms with Crippen molar-refractivity contribution in [2.75, 3.05) is 6.61 Å². The molecule has 7 nitrogen and oxygen atoms in total. The molecule has 1 spiro atoms. The topological polar surface area (TPSA) is 110 Å². The van der Waals surface area contributed by atoms with Gasteiger partial charge in [-0.25, -0.2) is 0 Å². The number of Topliss-reactive ketones (excluding diaryl/α,β-unsaturated/α-hetero) is 1. The highest BCUT2D eigenvalue weighted by Crippen LogP contribution is 2.72. The summed E-state index contributed by atoms with van der Waals surface area (Å²) in [6.45, 7) is 11.0. The molecule has 0 amide bonds. The fourth-order valence-electron chi connectivity index (χ4n) is 8.02.